The lowest BCUT2D eigenvalue weighted by Gasteiger charge is -2.18. The highest BCUT2D eigenvalue weighted by Crippen LogP contribution is 2.44. The van der Waals surface area contributed by atoms with E-state index in [2.05, 4.69) is 0 Å². The number of amides is 2. The number of aliphatic carboxylic acids is 1. The average molecular weight is 397 g/mol. The second kappa shape index (κ2) is 7.64. The minimum absolute atomic E-state index is 0.0120. The number of rotatable bonds is 7. The first-order valence-corrected chi connectivity index (χ1v) is 9.00. The number of carbonyl (C=O) groups excluding carboxylic acids is 2. The predicted octanol–water partition coefficient (Wildman–Crippen LogP) is 1.40. The van der Waals surface area contributed by atoms with E-state index in [0.29, 0.717) is 12.5 Å². The van der Waals surface area contributed by atoms with E-state index >= 15 is 0 Å². The monoisotopic (exact) mass is 396 g/mol. The zero-order valence-electron chi connectivity index (χ0n) is 14.8. The lowest BCUT2D eigenvalue weighted by atomic mass is 9.92. The van der Waals surface area contributed by atoms with Crippen molar-refractivity contribution in [2.24, 2.45) is 23.5 Å². The molecule has 1 aliphatic heterocycles. The molecule has 1 aromatic rings. The Labute approximate surface area is 161 Å². The summed E-state index contributed by atoms with van der Waals surface area (Å²) in [7, 11) is 1.39. The summed E-state index contributed by atoms with van der Waals surface area (Å²) in [4.78, 5) is 36.9. The summed E-state index contributed by atoms with van der Waals surface area (Å²) in [6.45, 7) is 0.217. The number of carbonyl (C=O) groups is 3. The Balaban J connectivity index is 1.81. The molecule has 0 radical (unpaired) electrons. The molecule has 3 rings (SSSR count). The Morgan fingerprint density at radius 3 is 2.56 bits per heavy atom. The minimum atomic E-state index is -0.868. The molecule has 2 aliphatic rings. The summed E-state index contributed by atoms with van der Waals surface area (Å²) in [5, 5.41) is 9.57. The van der Waals surface area contributed by atoms with Crippen molar-refractivity contribution in [3.8, 4) is 11.5 Å². The van der Waals surface area contributed by atoms with E-state index in [1.807, 2.05) is 0 Å². The normalized spacial score (nSPS) is 21.8. The molecule has 2 atom stereocenters. The van der Waals surface area contributed by atoms with Gasteiger partial charge in [0.15, 0.2) is 18.1 Å². The second-order valence-corrected chi connectivity index (χ2v) is 7.31. The summed E-state index contributed by atoms with van der Waals surface area (Å²) in [6.07, 6.45) is 2.03. The van der Waals surface area contributed by atoms with Crippen molar-refractivity contribution in [2.75, 3.05) is 26.8 Å². The maximum absolute atomic E-state index is 12.9. The summed E-state index contributed by atoms with van der Waals surface area (Å²) in [5.74, 6) is -1.71. The number of hydrogen-bond acceptors (Lipinski definition) is 5. The number of likely N-dealkylation sites (tertiary alicyclic amines) is 1. The van der Waals surface area contributed by atoms with E-state index in [9.17, 15) is 19.5 Å². The summed E-state index contributed by atoms with van der Waals surface area (Å²) >= 11 is 6.19. The second-order valence-electron chi connectivity index (χ2n) is 6.90. The van der Waals surface area contributed by atoms with E-state index in [4.69, 9.17) is 26.8 Å². The molecule has 2 amide bonds. The summed E-state index contributed by atoms with van der Waals surface area (Å²) in [6, 6.07) is 2.88. The standard InChI is InChI=1S/C18H21ClN2O6/c1-26-14-5-10(4-13(19)16(14)27-8-15(20)22)17(23)21-6-11(9-2-3-9)12(7-21)18(24)25/h4-5,9,11-12H,2-3,6-8H2,1H3,(H2,20,22)(H,24,25)/t11-,12+/m1/s1. The van der Waals surface area contributed by atoms with Gasteiger partial charge in [0, 0.05) is 18.7 Å². The molecule has 9 heteroatoms. The number of nitrogens with zero attached hydrogens (tertiary/aromatic N) is 1. The molecule has 1 aromatic carbocycles. The Hall–Kier alpha value is -2.48. The van der Waals surface area contributed by atoms with Crippen LogP contribution in [0.1, 0.15) is 23.2 Å². The maximum Gasteiger partial charge on any atom is 0.308 e. The van der Waals surface area contributed by atoms with Crippen molar-refractivity contribution in [1.82, 2.24) is 4.90 Å². The highest BCUT2D eigenvalue weighted by Gasteiger charge is 2.47. The fraction of sp³-hybridized carbons (Fsp3) is 0.500. The van der Waals surface area contributed by atoms with Gasteiger partial charge in [-0.05, 0) is 36.8 Å². The summed E-state index contributed by atoms with van der Waals surface area (Å²) in [5.41, 5.74) is 5.33. The van der Waals surface area contributed by atoms with Crippen molar-refractivity contribution in [3.63, 3.8) is 0 Å². The van der Waals surface area contributed by atoms with Gasteiger partial charge in [0.05, 0.1) is 18.1 Å². The maximum atomic E-state index is 12.9. The van der Waals surface area contributed by atoms with Crippen molar-refractivity contribution < 1.29 is 29.0 Å². The molecule has 0 bridgehead atoms. The third-order valence-electron chi connectivity index (χ3n) is 5.03. The first-order valence-electron chi connectivity index (χ1n) is 8.62. The highest BCUT2D eigenvalue weighted by atomic mass is 35.5. The van der Waals surface area contributed by atoms with Gasteiger partial charge in [0.25, 0.3) is 11.8 Å². The van der Waals surface area contributed by atoms with Crippen LogP contribution in [0.4, 0.5) is 0 Å². The van der Waals surface area contributed by atoms with Crippen LogP contribution in [0.15, 0.2) is 12.1 Å². The van der Waals surface area contributed by atoms with Crippen LogP contribution in [-0.2, 0) is 9.59 Å². The average Bonchev–Trinajstić information content (AvgIpc) is 3.37. The van der Waals surface area contributed by atoms with Crippen LogP contribution in [-0.4, -0.2) is 54.6 Å². The van der Waals surface area contributed by atoms with Gasteiger partial charge in [-0.2, -0.15) is 0 Å². The van der Waals surface area contributed by atoms with Crippen molar-refractivity contribution in [3.05, 3.63) is 22.7 Å². The molecule has 146 valence electrons. The zero-order chi connectivity index (χ0) is 19.7. The lowest BCUT2D eigenvalue weighted by molar-refractivity contribution is -0.142. The quantitative estimate of drug-likeness (QED) is 0.718. The molecule has 0 aromatic heterocycles. The van der Waals surface area contributed by atoms with E-state index in [1.165, 1.54) is 19.2 Å². The van der Waals surface area contributed by atoms with Gasteiger partial charge in [-0.15, -0.1) is 0 Å². The van der Waals surface area contributed by atoms with Crippen molar-refractivity contribution in [2.45, 2.75) is 12.8 Å². The molecular weight excluding hydrogens is 376 g/mol. The topological polar surface area (TPSA) is 119 Å². The number of benzene rings is 1. The number of nitrogens with two attached hydrogens (primary N) is 1. The molecule has 0 spiro atoms. The molecular formula is C18H21ClN2O6. The van der Waals surface area contributed by atoms with Crippen molar-refractivity contribution in [1.29, 1.82) is 0 Å². The molecule has 1 saturated carbocycles. The van der Waals surface area contributed by atoms with Gasteiger partial charge in [-0.25, -0.2) is 0 Å². The van der Waals surface area contributed by atoms with Gasteiger partial charge in [-0.3, -0.25) is 14.4 Å². The molecule has 0 unspecified atom stereocenters. The Bertz CT molecular complexity index is 779. The van der Waals surface area contributed by atoms with Crippen LogP contribution in [0.25, 0.3) is 0 Å². The number of hydrogen-bond donors (Lipinski definition) is 2. The molecule has 2 fully saturated rings. The number of carboxylic acids is 1. The first kappa shape index (κ1) is 19.3. The summed E-state index contributed by atoms with van der Waals surface area (Å²) < 4.78 is 10.5. The van der Waals surface area contributed by atoms with Crippen LogP contribution < -0.4 is 15.2 Å². The van der Waals surface area contributed by atoms with Gasteiger partial charge < -0.3 is 25.2 Å². The first-order chi connectivity index (χ1) is 12.8. The SMILES string of the molecule is COc1cc(C(=O)N2C[C@H](C(=O)O)[C@@H](C3CC3)C2)cc(Cl)c1OCC(N)=O. The van der Waals surface area contributed by atoms with Crippen LogP contribution in [0.3, 0.4) is 0 Å². The Morgan fingerprint density at radius 1 is 1.30 bits per heavy atom. The Morgan fingerprint density at radius 2 is 2.00 bits per heavy atom. The fourth-order valence-corrected chi connectivity index (χ4v) is 3.83. The largest absolute Gasteiger partial charge is 0.493 e. The van der Waals surface area contributed by atoms with Gasteiger partial charge in [0.2, 0.25) is 0 Å². The van der Waals surface area contributed by atoms with Crippen LogP contribution >= 0.6 is 11.6 Å². The Kier molecular flexibility index (Phi) is 5.46. The molecule has 1 aliphatic carbocycles. The van der Waals surface area contributed by atoms with Gasteiger partial charge in [0.1, 0.15) is 0 Å². The highest BCUT2D eigenvalue weighted by molar-refractivity contribution is 6.32. The molecule has 1 heterocycles. The van der Waals surface area contributed by atoms with E-state index in [-0.39, 0.29) is 47.1 Å². The minimum Gasteiger partial charge on any atom is -0.493 e. The molecule has 27 heavy (non-hydrogen) atoms. The number of methoxy groups -OCH3 is 1. The molecule has 1 saturated heterocycles. The van der Waals surface area contributed by atoms with Crippen LogP contribution in [0.2, 0.25) is 5.02 Å². The van der Waals surface area contributed by atoms with Crippen LogP contribution in [0.5, 0.6) is 11.5 Å². The zero-order valence-corrected chi connectivity index (χ0v) is 15.6. The fourth-order valence-electron chi connectivity index (χ4n) is 3.57. The van der Waals surface area contributed by atoms with Gasteiger partial charge in [-0.1, -0.05) is 11.6 Å². The third kappa shape index (κ3) is 4.10. The van der Waals surface area contributed by atoms with Crippen molar-refractivity contribution >= 4 is 29.4 Å². The van der Waals surface area contributed by atoms with E-state index < -0.39 is 17.8 Å². The molecule has 3 N–H and O–H groups in total. The van der Waals surface area contributed by atoms with Crippen LogP contribution in [0, 0.1) is 17.8 Å². The number of primary amides is 1. The van der Waals surface area contributed by atoms with E-state index in [1.54, 1.807) is 4.90 Å². The van der Waals surface area contributed by atoms with Gasteiger partial charge >= 0.3 is 5.97 Å². The van der Waals surface area contributed by atoms with E-state index in [0.717, 1.165) is 12.8 Å². The number of ether oxygens (including phenoxy) is 2. The lowest BCUT2D eigenvalue weighted by Crippen LogP contribution is -2.30. The predicted molar refractivity (Wildman–Crippen MR) is 95.9 cm³/mol. The number of carboxylic acid groups (broad SMARTS) is 1. The molecule has 8 nitrogen and oxygen atoms in total. The smallest absolute Gasteiger partial charge is 0.308 e. The third-order valence-corrected chi connectivity index (χ3v) is 5.31. The number of halogens is 1.